The molecule has 1 heterocycles. The van der Waals surface area contributed by atoms with Gasteiger partial charge in [0, 0.05) is 23.2 Å². The van der Waals surface area contributed by atoms with E-state index in [9.17, 15) is 13.2 Å². The summed E-state index contributed by atoms with van der Waals surface area (Å²) in [5, 5.41) is 0.689. The molecule has 0 spiro atoms. The van der Waals surface area contributed by atoms with Gasteiger partial charge >= 0.3 is 0 Å². The number of quaternary nitrogens is 1. The van der Waals surface area contributed by atoms with Crippen LogP contribution >= 0.6 is 11.6 Å². The number of rotatable bonds is 7. The smallest absolute Gasteiger partial charge is 0.278 e. The van der Waals surface area contributed by atoms with Crippen molar-refractivity contribution in [1.82, 2.24) is 4.90 Å². The highest BCUT2D eigenvalue weighted by atomic mass is 35.5. The Balaban J connectivity index is 1.69. The third-order valence-corrected chi connectivity index (χ3v) is 7.04. The summed E-state index contributed by atoms with van der Waals surface area (Å²) in [5.74, 6) is 0.198. The summed E-state index contributed by atoms with van der Waals surface area (Å²) in [5.41, 5.74) is 2.11. The quantitative estimate of drug-likeness (QED) is 0.738. The van der Waals surface area contributed by atoms with Crippen LogP contribution in [0, 0.1) is 0 Å². The Bertz CT molecular complexity index is 901. The van der Waals surface area contributed by atoms with Gasteiger partial charge in [0.15, 0.2) is 16.4 Å². The number of sulfone groups is 1. The van der Waals surface area contributed by atoms with Crippen LogP contribution in [0.15, 0.2) is 54.6 Å². The first kappa shape index (κ1) is 20.8. The van der Waals surface area contributed by atoms with E-state index in [4.69, 9.17) is 11.6 Å². The molecule has 1 aliphatic heterocycles. The molecule has 1 N–H and O–H groups in total. The third-order valence-electron chi connectivity index (χ3n) is 5.04. The van der Waals surface area contributed by atoms with Crippen molar-refractivity contribution in [3.05, 3.63) is 70.7 Å². The summed E-state index contributed by atoms with van der Waals surface area (Å²) >= 11 is 5.93. The van der Waals surface area contributed by atoms with E-state index in [0.29, 0.717) is 31.1 Å². The van der Waals surface area contributed by atoms with Crippen molar-refractivity contribution < 1.29 is 18.1 Å². The molecule has 0 bridgehead atoms. The van der Waals surface area contributed by atoms with Crippen LogP contribution in [0.4, 0.5) is 0 Å². The van der Waals surface area contributed by atoms with Crippen molar-refractivity contribution in [1.29, 1.82) is 0 Å². The average molecular weight is 422 g/mol. The summed E-state index contributed by atoms with van der Waals surface area (Å²) in [6, 6.07) is 17.1. The Hall–Kier alpha value is -1.89. The molecule has 0 radical (unpaired) electrons. The van der Waals surface area contributed by atoms with Crippen LogP contribution in [0.3, 0.4) is 0 Å². The first-order chi connectivity index (χ1) is 13.3. The van der Waals surface area contributed by atoms with E-state index in [2.05, 4.69) is 0 Å². The lowest BCUT2D eigenvalue weighted by Crippen LogP contribution is -3.09. The summed E-state index contributed by atoms with van der Waals surface area (Å²) in [6.45, 7) is 1.45. The summed E-state index contributed by atoms with van der Waals surface area (Å²) in [6.07, 6.45) is 0.511. The largest absolute Gasteiger partial charge is 0.329 e. The molecule has 0 aromatic heterocycles. The fourth-order valence-electron chi connectivity index (χ4n) is 3.60. The van der Waals surface area contributed by atoms with E-state index in [-0.39, 0.29) is 23.5 Å². The molecule has 1 fully saturated rings. The molecule has 5 nitrogen and oxygen atoms in total. The molecule has 2 atom stereocenters. The lowest BCUT2D eigenvalue weighted by molar-refractivity contribution is -0.885. The number of benzene rings is 2. The lowest BCUT2D eigenvalue weighted by Gasteiger charge is -2.29. The van der Waals surface area contributed by atoms with Crippen LogP contribution in [-0.2, 0) is 27.7 Å². The normalized spacial score (nSPS) is 19.3. The first-order valence-corrected chi connectivity index (χ1v) is 11.6. The Morgan fingerprint density at radius 3 is 2.39 bits per heavy atom. The minimum absolute atomic E-state index is 0.0163. The van der Waals surface area contributed by atoms with E-state index in [1.54, 1.807) is 4.90 Å². The SMILES string of the molecule is C[NH+](CC(=O)N(Cc1ccccc1)[C@H]1CCS(=O)(=O)C1)Cc1ccc(Cl)cc1. The van der Waals surface area contributed by atoms with Gasteiger partial charge in [-0.3, -0.25) is 4.79 Å². The summed E-state index contributed by atoms with van der Waals surface area (Å²) < 4.78 is 23.9. The Morgan fingerprint density at radius 1 is 1.11 bits per heavy atom. The maximum Gasteiger partial charge on any atom is 0.278 e. The molecule has 150 valence electrons. The highest BCUT2D eigenvalue weighted by Crippen LogP contribution is 2.20. The molecule has 1 aliphatic rings. The maximum absolute atomic E-state index is 13.1. The fraction of sp³-hybridized carbons (Fsp3) is 0.381. The van der Waals surface area contributed by atoms with Crippen molar-refractivity contribution in [2.75, 3.05) is 25.1 Å². The Kier molecular flexibility index (Phi) is 6.75. The molecule has 1 unspecified atom stereocenters. The number of likely N-dealkylation sites (N-methyl/N-ethyl adjacent to an activating group) is 1. The molecule has 0 saturated carbocycles. The zero-order chi connectivity index (χ0) is 20.1. The molecule has 28 heavy (non-hydrogen) atoms. The second-order valence-electron chi connectivity index (χ2n) is 7.50. The minimum atomic E-state index is -3.06. The van der Waals surface area contributed by atoms with Crippen molar-refractivity contribution in [3.8, 4) is 0 Å². The highest BCUT2D eigenvalue weighted by molar-refractivity contribution is 7.91. The maximum atomic E-state index is 13.1. The zero-order valence-electron chi connectivity index (χ0n) is 16.0. The van der Waals surface area contributed by atoms with Gasteiger partial charge in [0.25, 0.3) is 5.91 Å². The number of hydrogen-bond donors (Lipinski definition) is 1. The highest BCUT2D eigenvalue weighted by Gasteiger charge is 2.35. The van der Waals surface area contributed by atoms with Crippen LogP contribution in [-0.4, -0.2) is 50.4 Å². The summed E-state index contributed by atoms with van der Waals surface area (Å²) in [7, 11) is -1.09. The second-order valence-corrected chi connectivity index (χ2v) is 10.2. The van der Waals surface area contributed by atoms with Crippen molar-refractivity contribution in [2.24, 2.45) is 0 Å². The Labute approximate surface area is 171 Å². The van der Waals surface area contributed by atoms with Gasteiger partial charge < -0.3 is 9.80 Å². The number of nitrogens with zero attached hydrogens (tertiary/aromatic N) is 1. The molecule has 0 aliphatic carbocycles. The molecular formula is C21H26ClN2O3S+. The van der Waals surface area contributed by atoms with Gasteiger partial charge in [0.1, 0.15) is 6.54 Å². The van der Waals surface area contributed by atoms with Crippen molar-refractivity contribution in [3.63, 3.8) is 0 Å². The van der Waals surface area contributed by atoms with Gasteiger partial charge in [0.05, 0.1) is 18.6 Å². The number of hydrogen-bond acceptors (Lipinski definition) is 3. The lowest BCUT2D eigenvalue weighted by atomic mass is 10.1. The summed E-state index contributed by atoms with van der Waals surface area (Å²) in [4.78, 5) is 15.9. The molecule has 7 heteroatoms. The molecule has 3 rings (SSSR count). The second kappa shape index (κ2) is 9.07. The standard InChI is InChI=1S/C21H25ClN2O3S/c1-23(13-18-7-9-19(22)10-8-18)15-21(25)24(14-17-5-3-2-4-6-17)20-11-12-28(26,27)16-20/h2-10,20H,11-16H2,1H3/p+1/t20-/m0/s1. The molecule has 1 amide bonds. The van der Waals surface area contributed by atoms with Gasteiger partial charge in [-0.2, -0.15) is 0 Å². The predicted molar refractivity (Wildman–Crippen MR) is 111 cm³/mol. The van der Waals surface area contributed by atoms with Crippen molar-refractivity contribution >= 4 is 27.3 Å². The molecule has 2 aromatic rings. The topological polar surface area (TPSA) is 58.9 Å². The monoisotopic (exact) mass is 421 g/mol. The van der Waals surface area contributed by atoms with Gasteiger partial charge in [-0.25, -0.2) is 8.42 Å². The number of halogens is 1. The number of carbonyl (C=O) groups excluding carboxylic acids is 1. The van der Waals surface area contributed by atoms with Gasteiger partial charge in [-0.05, 0) is 24.1 Å². The van der Waals surface area contributed by atoms with Crippen molar-refractivity contribution in [2.45, 2.75) is 25.6 Å². The average Bonchev–Trinajstić information content (AvgIpc) is 3.02. The minimum Gasteiger partial charge on any atom is -0.329 e. The van der Waals surface area contributed by atoms with E-state index < -0.39 is 9.84 Å². The first-order valence-electron chi connectivity index (χ1n) is 9.42. The zero-order valence-corrected chi connectivity index (χ0v) is 17.5. The molecular weight excluding hydrogens is 396 g/mol. The van der Waals surface area contributed by atoms with Crippen LogP contribution in [0.2, 0.25) is 5.02 Å². The van der Waals surface area contributed by atoms with Crippen LogP contribution in [0.1, 0.15) is 17.5 Å². The van der Waals surface area contributed by atoms with E-state index in [1.165, 1.54) is 0 Å². The fourth-order valence-corrected chi connectivity index (χ4v) is 5.45. The number of nitrogens with one attached hydrogen (secondary N) is 1. The molecule has 1 saturated heterocycles. The Morgan fingerprint density at radius 2 is 1.79 bits per heavy atom. The van der Waals surface area contributed by atoms with Gasteiger partial charge in [0.2, 0.25) is 0 Å². The van der Waals surface area contributed by atoms with E-state index in [1.807, 2.05) is 61.6 Å². The van der Waals surface area contributed by atoms with Gasteiger partial charge in [-0.1, -0.05) is 54.1 Å². The van der Waals surface area contributed by atoms with Crippen LogP contribution < -0.4 is 4.90 Å². The number of amides is 1. The van der Waals surface area contributed by atoms with Crippen LogP contribution in [0.25, 0.3) is 0 Å². The third kappa shape index (κ3) is 5.80. The van der Waals surface area contributed by atoms with Crippen LogP contribution in [0.5, 0.6) is 0 Å². The van der Waals surface area contributed by atoms with Gasteiger partial charge in [-0.15, -0.1) is 0 Å². The predicted octanol–water partition coefficient (Wildman–Crippen LogP) is 1.57. The molecule has 2 aromatic carbocycles. The van der Waals surface area contributed by atoms with E-state index >= 15 is 0 Å². The van der Waals surface area contributed by atoms with E-state index in [0.717, 1.165) is 16.0 Å². The number of carbonyl (C=O) groups is 1.